The van der Waals surface area contributed by atoms with E-state index in [9.17, 15) is 14.4 Å². The fraction of sp³-hybridized carbons (Fsp3) is 0.0571. The molecule has 0 aliphatic rings. The third-order valence-corrected chi connectivity index (χ3v) is 7.92. The maximum atomic E-state index is 13.5. The van der Waals surface area contributed by atoms with Crippen molar-refractivity contribution >= 4 is 69.3 Å². The van der Waals surface area contributed by atoms with Crippen molar-refractivity contribution in [3.05, 3.63) is 143 Å². The number of thioether (sulfide) groups is 1. The summed E-state index contributed by atoms with van der Waals surface area (Å²) >= 11 is 7.32. The third-order valence-electron chi connectivity index (χ3n) is 6.56. The zero-order valence-electron chi connectivity index (χ0n) is 23.2. The molecule has 3 amide bonds. The largest absolute Gasteiger partial charge is 0.325 e. The molecule has 5 aromatic carbocycles. The van der Waals surface area contributed by atoms with Crippen LogP contribution in [0.4, 0.5) is 11.4 Å². The van der Waals surface area contributed by atoms with Gasteiger partial charge in [0.1, 0.15) is 5.70 Å². The Bertz CT molecular complexity index is 1780. The van der Waals surface area contributed by atoms with Crippen LogP contribution in [0.3, 0.4) is 0 Å². The number of hydrogen-bond acceptors (Lipinski definition) is 4. The summed E-state index contributed by atoms with van der Waals surface area (Å²) in [4.78, 5) is 40.0. The lowest BCUT2D eigenvalue weighted by Gasteiger charge is -2.14. The van der Waals surface area contributed by atoms with E-state index in [0.29, 0.717) is 22.0 Å². The number of hydrogen-bond donors (Lipinski definition) is 3. The summed E-state index contributed by atoms with van der Waals surface area (Å²) in [5, 5.41) is 10.8. The molecule has 3 N–H and O–H groups in total. The van der Waals surface area contributed by atoms with Crippen LogP contribution in [0, 0.1) is 0 Å². The lowest BCUT2D eigenvalue weighted by atomic mass is 10.0. The summed E-state index contributed by atoms with van der Waals surface area (Å²) in [6.45, 7) is 1.82. The first-order valence-corrected chi connectivity index (χ1v) is 14.8. The number of amides is 3. The Labute approximate surface area is 259 Å². The van der Waals surface area contributed by atoms with E-state index < -0.39 is 5.91 Å². The Morgan fingerprint density at radius 1 is 0.721 bits per heavy atom. The average Bonchev–Trinajstić information content (AvgIpc) is 3.03. The zero-order chi connectivity index (χ0) is 30.2. The van der Waals surface area contributed by atoms with Gasteiger partial charge in [-0.2, -0.15) is 0 Å². The zero-order valence-corrected chi connectivity index (χ0v) is 24.8. The van der Waals surface area contributed by atoms with Crippen LogP contribution in [0.5, 0.6) is 0 Å². The molecule has 0 spiro atoms. The number of anilines is 2. The topological polar surface area (TPSA) is 87.3 Å². The van der Waals surface area contributed by atoms with Gasteiger partial charge in [0.2, 0.25) is 5.91 Å². The van der Waals surface area contributed by atoms with Crippen LogP contribution < -0.4 is 16.0 Å². The fourth-order valence-electron chi connectivity index (χ4n) is 4.32. The van der Waals surface area contributed by atoms with Gasteiger partial charge in [-0.1, -0.05) is 72.3 Å². The van der Waals surface area contributed by atoms with Crippen LogP contribution in [-0.2, 0) is 9.59 Å². The van der Waals surface area contributed by atoms with Gasteiger partial charge < -0.3 is 16.0 Å². The molecule has 0 saturated heterocycles. The molecular weight excluding hydrogens is 578 g/mol. The molecule has 1 atom stereocenters. The van der Waals surface area contributed by atoms with Crippen LogP contribution >= 0.6 is 23.4 Å². The Hall–Kier alpha value is -4.85. The van der Waals surface area contributed by atoms with E-state index in [1.54, 1.807) is 66.7 Å². The molecule has 5 rings (SSSR count). The van der Waals surface area contributed by atoms with Crippen molar-refractivity contribution in [2.45, 2.75) is 17.1 Å². The number of nitrogens with one attached hydrogen (secondary N) is 3. The van der Waals surface area contributed by atoms with Gasteiger partial charge in [-0.3, -0.25) is 14.4 Å². The molecule has 214 valence electrons. The number of carbonyl (C=O) groups excluding carboxylic acids is 3. The first-order valence-electron chi connectivity index (χ1n) is 13.6. The van der Waals surface area contributed by atoms with E-state index in [1.165, 1.54) is 11.8 Å². The van der Waals surface area contributed by atoms with Gasteiger partial charge in [0.05, 0.1) is 5.25 Å². The molecule has 0 heterocycles. The van der Waals surface area contributed by atoms with E-state index >= 15 is 0 Å². The van der Waals surface area contributed by atoms with Gasteiger partial charge in [0.15, 0.2) is 0 Å². The molecule has 43 heavy (non-hydrogen) atoms. The van der Waals surface area contributed by atoms with Crippen LogP contribution in [-0.4, -0.2) is 23.0 Å². The Balaban J connectivity index is 1.30. The summed E-state index contributed by atoms with van der Waals surface area (Å²) in [5.41, 5.74) is 2.57. The molecule has 0 aliphatic heterocycles. The minimum absolute atomic E-state index is 0.108. The van der Waals surface area contributed by atoms with Gasteiger partial charge in [-0.05, 0) is 90.0 Å². The van der Waals surface area contributed by atoms with Crippen LogP contribution in [0.2, 0.25) is 5.02 Å². The van der Waals surface area contributed by atoms with Crippen molar-refractivity contribution in [3.8, 4) is 0 Å². The monoisotopic (exact) mass is 605 g/mol. The van der Waals surface area contributed by atoms with E-state index in [2.05, 4.69) is 16.0 Å². The number of benzene rings is 5. The Morgan fingerprint density at radius 2 is 1.35 bits per heavy atom. The highest BCUT2D eigenvalue weighted by molar-refractivity contribution is 8.00. The molecule has 0 aliphatic carbocycles. The summed E-state index contributed by atoms with van der Waals surface area (Å²) in [6, 6.07) is 36.6. The smallest absolute Gasteiger partial charge is 0.272 e. The molecule has 6 nitrogen and oxygen atoms in total. The van der Waals surface area contributed by atoms with Crippen molar-refractivity contribution < 1.29 is 14.4 Å². The highest BCUT2D eigenvalue weighted by Gasteiger charge is 2.17. The third kappa shape index (κ3) is 7.92. The molecule has 0 radical (unpaired) electrons. The lowest BCUT2D eigenvalue weighted by molar-refractivity contribution is -0.115. The standard InChI is InChI=1S/C35H28ClN3O3S/c1-23(33(40)37-28-16-14-27(36)15-17-28)43-30-20-18-29(19-21-30)38-35(42)32(39-34(41)25-9-3-2-4-10-25)22-26-12-7-11-24-8-5-6-13-31(24)26/h2-23H,1H3,(H,37,40)(H,38,42)(H,39,41)/b32-22-. The molecule has 0 aromatic heterocycles. The van der Waals surface area contributed by atoms with E-state index in [1.807, 2.05) is 67.6 Å². The predicted molar refractivity (Wildman–Crippen MR) is 176 cm³/mol. The minimum Gasteiger partial charge on any atom is -0.325 e. The van der Waals surface area contributed by atoms with Gasteiger partial charge >= 0.3 is 0 Å². The first-order chi connectivity index (χ1) is 20.9. The van der Waals surface area contributed by atoms with Crippen molar-refractivity contribution in [1.82, 2.24) is 5.32 Å². The van der Waals surface area contributed by atoms with Crippen molar-refractivity contribution in [1.29, 1.82) is 0 Å². The van der Waals surface area contributed by atoms with E-state index in [-0.39, 0.29) is 22.8 Å². The predicted octanol–water partition coefficient (Wildman–Crippen LogP) is 8.02. The molecule has 1 unspecified atom stereocenters. The van der Waals surface area contributed by atoms with Gasteiger partial charge in [0.25, 0.3) is 11.8 Å². The second kappa shape index (κ2) is 13.9. The molecule has 0 fully saturated rings. The van der Waals surface area contributed by atoms with Crippen LogP contribution in [0.25, 0.3) is 16.8 Å². The van der Waals surface area contributed by atoms with Crippen molar-refractivity contribution in [3.63, 3.8) is 0 Å². The van der Waals surface area contributed by atoms with Gasteiger partial charge in [0, 0.05) is 26.9 Å². The summed E-state index contributed by atoms with van der Waals surface area (Å²) < 4.78 is 0. The first kappa shape index (κ1) is 29.6. The molecule has 0 saturated carbocycles. The molecular formula is C35H28ClN3O3S. The molecule has 8 heteroatoms. The van der Waals surface area contributed by atoms with Crippen molar-refractivity contribution in [2.24, 2.45) is 0 Å². The second-order valence-electron chi connectivity index (χ2n) is 9.68. The van der Waals surface area contributed by atoms with Gasteiger partial charge in [-0.25, -0.2) is 0 Å². The normalized spacial score (nSPS) is 11.9. The minimum atomic E-state index is -0.465. The maximum absolute atomic E-state index is 13.5. The summed E-state index contributed by atoms with van der Waals surface area (Å²) in [5.74, 6) is -0.991. The summed E-state index contributed by atoms with van der Waals surface area (Å²) in [6.07, 6.45) is 1.68. The Morgan fingerprint density at radius 3 is 2.09 bits per heavy atom. The van der Waals surface area contributed by atoms with Crippen LogP contribution in [0.15, 0.2) is 132 Å². The van der Waals surface area contributed by atoms with Crippen LogP contribution in [0.1, 0.15) is 22.8 Å². The SMILES string of the molecule is CC(Sc1ccc(NC(=O)/C(=C/c2cccc3ccccc23)NC(=O)c2ccccc2)cc1)C(=O)Nc1ccc(Cl)cc1. The fourth-order valence-corrected chi connectivity index (χ4v) is 5.32. The lowest BCUT2D eigenvalue weighted by Crippen LogP contribution is -2.30. The van der Waals surface area contributed by atoms with E-state index in [4.69, 9.17) is 11.6 Å². The highest BCUT2D eigenvalue weighted by atomic mass is 35.5. The second-order valence-corrected chi connectivity index (χ2v) is 11.5. The number of carbonyl (C=O) groups is 3. The Kier molecular flexibility index (Phi) is 9.56. The van der Waals surface area contributed by atoms with E-state index in [0.717, 1.165) is 21.2 Å². The number of rotatable bonds is 9. The van der Waals surface area contributed by atoms with Crippen molar-refractivity contribution in [2.75, 3.05) is 10.6 Å². The average molecular weight is 606 g/mol. The maximum Gasteiger partial charge on any atom is 0.272 e. The quantitative estimate of drug-likeness (QED) is 0.117. The number of halogens is 1. The van der Waals surface area contributed by atoms with Gasteiger partial charge in [-0.15, -0.1) is 11.8 Å². The molecule has 5 aromatic rings. The highest BCUT2D eigenvalue weighted by Crippen LogP contribution is 2.26. The summed E-state index contributed by atoms with van der Waals surface area (Å²) in [7, 11) is 0. The number of fused-ring (bicyclic) bond motifs is 1. The molecule has 0 bridgehead atoms.